The minimum absolute atomic E-state index is 0.0978. The summed E-state index contributed by atoms with van der Waals surface area (Å²) in [6.45, 7) is 0.0978. The van der Waals surface area contributed by atoms with Crippen LogP contribution >= 0.6 is 11.3 Å². The first-order chi connectivity index (χ1) is 13.7. The Balaban J connectivity index is 1.41. The van der Waals surface area contributed by atoms with Crippen LogP contribution in [0, 0.1) is 0 Å². The minimum atomic E-state index is -0.436. The molecule has 0 spiro atoms. The van der Waals surface area contributed by atoms with E-state index in [-0.39, 0.29) is 6.61 Å². The highest BCUT2D eigenvalue weighted by Gasteiger charge is 2.11. The number of benzene rings is 2. The lowest BCUT2D eigenvalue weighted by molar-refractivity contribution is 0.0468. The highest BCUT2D eigenvalue weighted by molar-refractivity contribution is 7.13. The van der Waals surface area contributed by atoms with Gasteiger partial charge in [0.1, 0.15) is 23.7 Å². The first-order valence-corrected chi connectivity index (χ1v) is 9.20. The average molecular weight is 393 g/mol. The van der Waals surface area contributed by atoms with Gasteiger partial charge in [0.25, 0.3) is 0 Å². The maximum absolute atomic E-state index is 12.4. The van der Waals surface area contributed by atoms with Gasteiger partial charge in [-0.15, -0.1) is 16.4 Å². The SMILES string of the molecule is COc1ccc(-c2nc(COC(=O)c3cccc(-n4cnnn4)c3)cs2)cc1. The zero-order valence-corrected chi connectivity index (χ0v) is 15.7. The van der Waals surface area contributed by atoms with Crippen LogP contribution in [0.5, 0.6) is 5.75 Å². The van der Waals surface area contributed by atoms with Gasteiger partial charge in [-0.25, -0.2) is 14.5 Å². The van der Waals surface area contributed by atoms with Crippen LogP contribution in [0.3, 0.4) is 0 Å². The van der Waals surface area contributed by atoms with Crippen LogP contribution in [-0.4, -0.2) is 38.3 Å². The molecule has 0 fully saturated rings. The number of carbonyl (C=O) groups excluding carboxylic acids is 1. The molecule has 0 aliphatic carbocycles. The third-order valence-electron chi connectivity index (χ3n) is 3.94. The molecule has 0 amide bonds. The molecule has 0 saturated heterocycles. The molecule has 28 heavy (non-hydrogen) atoms. The molecule has 4 aromatic rings. The van der Waals surface area contributed by atoms with Crippen LogP contribution in [0.15, 0.2) is 60.2 Å². The second-order valence-electron chi connectivity index (χ2n) is 5.75. The first kappa shape index (κ1) is 17.8. The Kier molecular flexibility index (Phi) is 5.07. The standard InChI is InChI=1S/C19H15N5O3S/c1-26-17-7-5-13(6-8-17)18-21-15(11-28-18)10-27-19(25)14-3-2-4-16(9-14)24-12-20-22-23-24/h2-9,11-12H,10H2,1H3. The number of tetrazole rings is 1. The molecule has 0 bridgehead atoms. The summed E-state index contributed by atoms with van der Waals surface area (Å²) < 4.78 is 12.0. The van der Waals surface area contributed by atoms with E-state index in [0.29, 0.717) is 16.9 Å². The second kappa shape index (κ2) is 7.97. The molecule has 2 aromatic carbocycles. The van der Waals surface area contributed by atoms with Crippen LogP contribution in [-0.2, 0) is 11.3 Å². The van der Waals surface area contributed by atoms with Crippen LogP contribution < -0.4 is 4.74 Å². The van der Waals surface area contributed by atoms with E-state index in [1.165, 1.54) is 22.3 Å². The molecule has 0 radical (unpaired) electrons. The number of esters is 1. The summed E-state index contributed by atoms with van der Waals surface area (Å²) >= 11 is 1.50. The van der Waals surface area contributed by atoms with Crippen molar-refractivity contribution in [1.82, 2.24) is 25.2 Å². The molecule has 4 rings (SSSR count). The third-order valence-corrected chi connectivity index (χ3v) is 4.88. The van der Waals surface area contributed by atoms with Gasteiger partial charge in [0.15, 0.2) is 0 Å². The normalized spacial score (nSPS) is 10.6. The molecule has 0 atom stereocenters. The van der Waals surface area contributed by atoms with Gasteiger partial charge in [0, 0.05) is 10.9 Å². The summed E-state index contributed by atoms with van der Waals surface area (Å²) in [5, 5.41) is 13.7. The molecule has 0 N–H and O–H groups in total. The highest BCUT2D eigenvalue weighted by Crippen LogP contribution is 2.26. The van der Waals surface area contributed by atoms with Crippen molar-refractivity contribution in [3.63, 3.8) is 0 Å². The lowest BCUT2D eigenvalue weighted by atomic mass is 10.2. The van der Waals surface area contributed by atoms with E-state index in [4.69, 9.17) is 9.47 Å². The zero-order valence-electron chi connectivity index (χ0n) is 14.8. The van der Waals surface area contributed by atoms with Crippen molar-refractivity contribution < 1.29 is 14.3 Å². The number of aromatic nitrogens is 5. The van der Waals surface area contributed by atoms with Crippen molar-refractivity contribution in [2.75, 3.05) is 7.11 Å². The van der Waals surface area contributed by atoms with Crippen molar-refractivity contribution in [2.24, 2.45) is 0 Å². The smallest absolute Gasteiger partial charge is 0.338 e. The minimum Gasteiger partial charge on any atom is -0.497 e. The van der Waals surface area contributed by atoms with Gasteiger partial charge in [-0.1, -0.05) is 6.07 Å². The van der Waals surface area contributed by atoms with E-state index in [1.807, 2.05) is 29.6 Å². The van der Waals surface area contributed by atoms with Crippen molar-refractivity contribution in [3.8, 4) is 22.0 Å². The van der Waals surface area contributed by atoms with Gasteiger partial charge >= 0.3 is 5.97 Å². The van der Waals surface area contributed by atoms with Crippen molar-refractivity contribution in [3.05, 3.63) is 71.5 Å². The Morgan fingerprint density at radius 2 is 2.04 bits per heavy atom. The molecule has 0 aliphatic rings. The number of carbonyl (C=O) groups is 1. The average Bonchev–Trinajstić information content (AvgIpc) is 3.44. The summed E-state index contributed by atoms with van der Waals surface area (Å²) in [6.07, 6.45) is 1.46. The highest BCUT2D eigenvalue weighted by atomic mass is 32.1. The maximum Gasteiger partial charge on any atom is 0.338 e. The quantitative estimate of drug-likeness (QED) is 0.465. The van der Waals surface area contributed by atoms with E-state index in [0.717, 1.165) is 16.3 Å². The molecular weight excluding hydrogens is 378 g/mol. The van der Waals surface area contributed by atoms with Gasteiger partial charge in [0.2, 0.25) is 0 Å². The molecule has 2 aromatic heterocycles. The lowest BCUT2D eigenvalue weighted by Gasteiger charge is -2.05. The Hall–Kier alpha value is -3.59. The van der Waals surface area contributed by atoms with Crippen LogP contribution in [0.4, 0.5) is 0 Å². The number of thiazole rings is 1. The molecule has 0 aliphatic heterocycles. The fourth-order valence-electron chi connectivity index (χ4n) is 2.52. The molecule has 8 nitrogen and oxygen atoms in total. The van der Waals surface area contributed by atoms with Crippen LogP contribution in [0.25, 0.3) is 16.3 Å². The Morgan fingerprint density at radius 1 is 1.18 bits per heavy atom. The first-order valence-electron chi connectivity index (χ1n) is 8.32. The van der Waals surface area contributed by atoms with E-state index >= 15 is 0 Å². The van der Waals surface area contributed by atoms with E-state index in [9.17, 15) is 4.79 Å². The topological polar surface area (TPSA) is 92.0 Å². The van der Waals surface area contributed by atoms with E-state index < -0.39 is 5.97 Å². The predicted molar refractivity (Wildman–Crippen MR) is 102 cm³/mol. The van der Waals surface area contributed by atoms with Gasteiger partial charge in [-0.05, 0) is 52.9 Å². The molecule has 0 unspecified atom stereocenters. The van der Waals surface area contributed by atoms with E-state index in [1.54, 1.807) is 31.4 Å². The summed E-state index contributed by atoms with van der Waals surface area (Å²) in [5.41, 5.74) is 2.77. The molecule has 2 heterocycles. The number of methoxy groups -OCH3 is 1. The summed E-state index contributed by atoms with van der Waals surface area (Å²) in [5.74, 6) is 0.354. The summed E-state index contributed by atoms with van der Waals surface area (Å²) in [6, 6.07) is 14.5. The number of ether oxygens (including phenoxy) is 2. The number of rotatable bonds is 6. The largest absolute Gasteiger partial charge is 0.497 e. The predicted octanol–water partition coefficient (Wildman–Crippen LogP) is 3.15. The van der Waals surface area contributed by atoms with Crippen LogP contribution in [0.2, 0.25) is 0 Å². The van der Waals surface area contributed by atoms with Gasteiger partial charge in [-0.3, -0.25) is 0 Å². The molecular formula is C19H15N5O3S. The Bertz CT molecular complexity index is 1080. The summed E-state index contributed by atoms with van der Waals surface area (Å²) in [7, 11) is 1.63. The second-order valence-corrected chi connectivity index (χ2v) is 6.61. The number of nitrogens with zero attached hydrogens (tertiary/aromatic N) is 5. The van der Waals surface area contributed by atoms with Crippen LogP contribution in [0.1, 0.15) is 16.1 Å². The number of hydrogen-bond donors (Lipinski definition) is 0. The van der Waals surface area contributed by atoms with Gasteiger partial charge in [0.05, 0.1) is 24.1 Å². The van der Waals surface area contributed by atoms with Crippen molar-refractivity contribution >= 4 is 17.3 Å². The van der Waals surface area contributed by atoms with Gasteiger partial charge in [-0.2, -0.15) is 0 Å². The molecule has 140 valence electrons. The lowest BCUT2D eigenvalue weighted by Crippen LogP contribution is -2.06. The Labute approximate surface area is 164 Å². The monoisotopic (exact) mass is 393 g/mol. The third kappa shape index (κ3) is 3.89. The zero-order chi connectivity index (χ0) is 19.3. The number of hydrogen-bond acceptors (Lipinski definition) is 8. The summed E-state index contributed by atoms with van der Waals surface area (Å²) in [4.78, 5) is 16.9. The van der Waals surface area contributed by atoms with Gasteiger partial charge < -0.3 is 9.47 Å². The fraction of sp³-hybridized carbons (Fsp3) is 0.105. The maximum atomic E-state index is 12.4. The molecule has 0 saturated carbocycles. The van der Waals surface area contributed by atoms with Crippen molar-refractivity contribution in [2.45, 2.75) is 6.61 Å². The fourth-order valence-corrected chi connectivity index (χ4v) is 3.33. The van der Waals surface area contributed by atoms with E-state index in [2.05, 4.69) is 20.5 Å². The molecule has 9 heteroatoms. The van der Waals surface area contributed by atoms with Crippen molar-refractivity contribution in [1.29, 1.82) is 0 Å². The Morgan fingerprint density at radius 3 is 2.79 bits per heavy atom.